The highest BCUT2D eigenvalue weighted by Crippen LogP contribution is 2.23. The minimum Gasteiger partial charge on any atom is -0.445 e. The molecule has 1 atom stereocenters. The molecule has 0 radical (unpaired) electrons. The summed E-state index contributed by atoms with van der Waals surface area (Å²) in [5.41, 5.74) is 0.845. The standard InChI is InChI=1S/C13H12F3NO4/c14-13(15,16)7-11(18)21-17-10(8-20-12(17)19)6-9-4-2-1-3-5-9/h1-5,10H,6-8H2/t10-/m0/s1. The Kier molecular flexibility index (Phi) is 4.35. The van der Waals surface area contributed by atoms with Gasteiger partial charge in [-0.15, -0.1) is 5.06 Å². The van der Waals surface area contributed by atoms with Gasteiger partial charge in [0.25, 0.3) is 0 Å². The Balaban J connectivity index is 1.99. The summed E-state index contributed by atoms with van der Waals surface area (Å²) in [6.07, 6.45) is -7.09. The van der Waals surface area contributed by atoms with Gasteiger partial charge in [0.1, 0.15) is 19.1 Å². The first kappa shape index (κ1) is 15.1. The number of hydrogen-bond acceptors (Lipinski definition) is 4. The number of hydroxylamine groups is 2. The van der Waals surface area contributed by atoms with Gasteiger partial charge in [-0.3, -0.25) is 0 Å². The second-order valence-electron chi connectivity index (χ2n) is 4.50. The lowest BCUT2D eigenvalue weighted by Gasteiger charge is -2.20. The second-order valence-corrected chi connectivity index (χ2v) is 4.50. The van der Waals surface area contributed by atoms with E-state index in [4.69, 9.17) is 4.74 Å². The number of halogens is 3. The maximum atomic E-state index is 12.1. The molecule has 114 valence electrons. The van der Waals surface area contributed by atoms with Gasteiger partial charge in [0, 0.05) is 0 Å². The van der Waals surface area contributed by atoms with Crippen LogP contribution < -0.4 is 0 Å². The third kappa shape index (κ3) is 4.37. The van der Waals surface area contributed by atoms with Crippen LogP contribution in [0.15, 0.2) is 30.3 Å². The topological polar surface area (TPSA) is 55.8 Å². The molecule has 5 nitrogen and oxygen atoms in total. The maximum absolute atomic E-state index is 12.1. The molecule has 0 aliphatic carbocycles. The predicted molar refractivity (Wildman–Crippen MR) is 63.9 cm³/mol. The van der Waals surface area contributed by atoms with E-state index in [1.54, 1.807) is 30.3 Å². The first-order valence-electron chi connectivity index (χ1n) is 6.12. The highest BCUT2D eigenvalue weighted by atomic mass is 19.4. The molecule has 1 saturated heterocycles. The van der Waals surface area contributed by atoms with Crippen LogP contribution in [-0.4, -0.2) is 36.0 Å². The predicted octanol–water partition coefficient (Wildman–Crippen LogP) is 2.46. The van der Waals surface area contributed by atoms with Crippen molar-refractivity contribution in [3.63, 3.8) is 0 Å². The molecule has 2 rings (SSSR count). The molecule has 21 heavy (non-hydrogen) atoms. The quantitative estimate of drug-likeness (QED) is 0.857. The fourth-order valence-corrected chi connectivity index (χ4v) is 1.89. The summed E-state index contributed by atoms with van der Waals surface area (Å²) in [6.45, 7) is -0.0486. The van der Waals surface area contributed by atoms with Crippen molar-refractivity contribution in [3.05, 3.63) is 35.9 Å². The van der Waals surface area contributed by atoms with E-state index in [1.807, 2.05) is 0 Å². The van der Waals surface area contributed by atoms with Crippen LogP contribution in [0.5, 0.6) is 0 Å². The van der Waals surface area contributed by atoms with Crippen molar-refractivity contribution in [1.29, 1.82) is 0 Å². The number of alkyl halides is 3. The highest BCUT2D eigenvalue weighted by molar-refractivity contribution is 5.75. The van der Waals surface area contributed by atoms with Crippen LogP contribution in [-0.2, 0) is 20.8 Å². The Hall–Kier alpha value is -2.25. The molecule has 8 heteroatoms. The zero-order chi connectivity index (χ0) is 15.5. The molecular weight excluding hydrogens is 291 g/mol. The van der Waals surface area contributed by atoms with Crippen LogP contribution in [0.2, 0.25) is 0 Å². The number of nitrogens with zero attached hydrogens (tertiary/aromatic N) is 1. The summed E-state index contributed by atoms with van der Waals surface area (Å²) >= 11 is 0. The first-order valence-corrected chi connectivity index (χ1v) is 6.12. The van der Waals surface area contributed by atoms with Gasteiger partial charge in [0.15, 0.2) is 0 Å². The van der Waals surface area contributed by atoms with Crippen molar-refractivity contribution in [2.75, 3.05) is 6.61 Å². The molecule has 1 aromatic rings. The summed E-state index contributed by atoms with van der Waals surface area (Å²) in [6, 6.07) is 8.31. The van der Waals surface area contributed by atoms with Crippen LogP contribution in [0.4, 0.5) is 18.0 Å². The van der Waals surface area contributed by atoms with Crippen LogP contribution in [0.3, 0.4) is 0 Å². The Morgan fingerprint density at radius 3 is 2.62 bits per heavy atom. The number of carbonyl (C=O) groups is 2. The highest BCUT2D eigenvalue weighted by Gasteiger charge is 2.39. The summed E-state index contributed by atoms with van der Waals surface area (Å²) in [5, 5.41) is 0.571. The van der Waals surface area contributed by atoms with E-state index in [0.29, 0.717) is 11.5 Å². The molecule has 1 heterocycles. The summed E-state index contributed by atoms with van der Waals surface area (Å²) < 4.78 is 41.0. The van der Waals surface area contributed by atoms with Crippen LogP contribution in [0.25, 0.3) is 0 Å². The molecule has 1 amide bonds. The molecule has 0 saturated carbocycles. The van der Waals surface area contributed by atoms with Crippen LogP contribution in [0.1, 0.15) is 12.0 Å². The zero-order valence-electron chi connectivity index (χ0n) is 10.8. The average Bonchev–Trinajstić information content (AvgIpc) is 2.70. The van der Waals surface area contributed by atoms with Crippen molar-refractivity contribution in [2.24, 2.45) is 0 Å². The summed E-state index contributed by atoms with van der Waals surface area (Å²) in [4.78, 5) is 27.1. The van der Waals surface area contributed by atoms with E-state index in [0.717, 1.165) is 5.56 Å². The number of carbonyl (C=O) groups excluding carboxylic acids is 2. The lowest BCUT2D eigenvalue weighted by molar-refractivity contribution is -0.200. The molecule has 0 bridgehead atoms. The molecule has 1 aromatic carbocycles. The van der Waals surface area contributed by atoms with Gasteiger partial charge in [-0.05, 0) is 12.0 Å². The van der Waals surface area contributed by atoms with Gasteiger partial charge < -0.3 is 9.57 Å². The molecule has 0 aromatic heterocycles. The molecular formula is C13H12F3NO4. The van der Waals surface area contributed by atoms with Gasteiger partial charge in [-0.2, -0.15) is 13.2 Å². The zero-order valence-corrected chi connectivity index (χ0v) is 10.8. The number of rotatable bonds is 4. The van der Waals surface area contributed by atoms with Gasteiger partial charge in [-0.25, -0.2) is 9.59 Å². The first-order chi connectivity index (χ1) is 9.85. The van der Waals surface area contributed by atoms with Gasteiger partial charge >= 0.3 is 18.2 Å². The molecule has 1 fully saturated rings. The van der Waals surface area contributed by atoms with E-state index in [-0.39, 0.29) is 6.61 Å². The lowest BCUT2D eigenvalue weighted by Crippen LogP contribution is -2.38. The lowest BCUT2D eigenvalue weighted by atomic mass is 10.1. The van der Waals surface area contributed by atoms with E-state index in [2.05, 4.69) is 4.84 Å². The maximum Gasteiger partial charge on any atom is 0.443 e. The minimum absolute atomic E-state index is 0.0486. The summed E-state index contributed by atoms with van der Waals surface area (Å²) in [7, 11) is 0. The number of ether oxygens (including phenoxy) is 1. The van der Waals surface area contributed by atoms with Crippen molar-refractivity contribution >= 4 is 12.1 Å². The number of amides is 1. The van der Waals surface area contributed by atoms with E-state index in [9.17, 15) is 22.8 Å². The van der Waals surface area contributed by atoms with Gasteiger partial charge in [0.2, 0.25) is 0 Å². The monoisotopic (exact) mass is 303 g/mol. The Morgan fingerprint density at radius 2 is 2.00 bits per heavy atom. The fourth-order valence-electron chi connectivity index (χ4n) is 1.89. The van der Waals surface area contributed by atoms with Crippen molar-refractivity contribution in [1.82, 2.24) is 5.06 Å². The average molecular weight is 303 g/mol. The number of benzene rings is 1. The molecule has 0 N–H and O–H groups in total. The van der Waals surface area contributed by atoms with Crippen LogP contribution >= 0.6 is 0 Å². The van der Waals surface area contributed by atoms with Gasteiger partial charge in [0.05, 0.1) is 0 Å². The normalized spacial score (nSPS) is 18.5. The fraction of sp³-hybridized carbons (Fsp3) is 0.385. The van der Waals surface area contributed by atoms with E-state index < -0.39 is 30.7 Å². The largest absolute Gasteiger partial charge is 0.445 e. The smallest absolute Gasteiger partial charge is 0.443 e. The molecule has 1 aliphatic rings. The molecule has 1 aliphatic heterocycles. The van der Waals surface area contributed by atoms with Crippen molar-refractivity contribution in [3.8, 4) is 0 Å². The van der Waals surface area contributed by atoms with E-state index in [1.165, 1.54) is 0 Å². The van der Waals surface area contributed by atoms with Gasteiger partial charge in [-0.1, -0.05) is 30.3 Å². The van der Waals surface area contributed by atoms with Crippen LogP contribution in [0, 0.1) is 0 Å². The SMILES string of the molecule is O=C(CC(F)(F)F)ON1C(=O)OC[C@@H]1Cc1ccccc1. The third-order valence-corrected chi connectivity index (χ3v) is 2.77. The third-order valence-electron chi connectivity index (χ3n) is 2.77. The van der Waals surface area contributed by atoms with Crippen molar-refractivity contribution < 1.29 is 32.3 Å². The minimum atomic E-state index is -4.68. The Labute approximate surface area is 118 Å². The van der Waals surface area contributed by atoms with Crippen molar-refractivity contribution in [2.45, 2.75) is 25.1 Å². The number of hydrogen-bond donors (Lipinski definition) is 0. The summed E-state index contributed by atoms with van der Waals surface area (Å²) in [5.74, 6) is -1.54. The molecule has 0 unspecified atom stereocenters. The Bertz CT molecular complexity index is 518. The number of cyclic esters (lactones) is 1. The second kappa shape index (κ2) is 6.02. The van der Waals surface area contributed by atoms with E-state index >= 15 is 0 Å². The molecule has 0 spiro atoms. The Morgan fingerprint density at radius 1 is 1.33 bits per heavy atom.